The number of carboxylic acids is 1. The summed E-state index contributed by atoms with van der Waals surface area (Å²) in [6.07, 6.45) is 38.7. The minimum Gasteiger partial charge on any atom is -0.481 e. The predicted octanol–water partition coefficient (Wildman–Crippen LogP) is 10.8. The summed E-state index contributed by atoms with van der Waals surface area (Å²) in [5.74, 6) is -0.929. The van der Waals surface area contributed by atoms with E-state index in [9.17, 15) is 9.59 Å². The zero-order chi connectivity index (χ0) is 37.8. The third kappa shape index (κ3) is 56.2. The number of carbonyl (C=O) groups excluding carboxylic acids is 1. The SMILES string of the molecule is CC(O)CO.CCCCCCCCCCCCCCCCCC(=O)O.CCCCCCCCCCCCCCCCCC(=O)OCC(O)CO. The van der Waals surface area contributed by atoms with Crippen molar-refractivity contribution in [1.82, 2.24) is 0 Å². The van der Waals surface area contributed by atoms with Gasteiger partial charge in [0.2, 0.25) is 0 Å². The van der Waals surface area contributed by atoms with E-state index < -0.39 is 18.2 Å². The van der Waals surface area contributed by atoms with E-state index in [-0.39, 0.29) is 25.8 Å². The lowest BCUT2D eigenvalue weighted by atomic mass is 10.0. The molecule has 302 valence electrons. The molecule has 0 aliphatic heterocycles. The van der Waals surface area contributed by atoms with E-state index in [2.05, 4.69) is 13.8 Å². The molecule has 0 radical (unpaired) electrons. The first kappa shape index (κ1) is 53.1. The third-order valence-electron chi connectivity index (χ3n) is 8.89. The van der Waals surface area contributed by atoms with Gasteiger partial charge >= 0.3 is 11.9 Å². The Morgan fingerprint density at radius 1 is 0.460 bits per heavy atom. The van der Waals surface area contributed by atoms with Crippen molar-refractivity contribution in [1.29, 1.82) is 0 Å². The van der Waals surface area contributed by atoms with Crippen LogP contribution in [0.4, 0.5) is 0 Å². The van der Waals surface area contributed by atoms with E-state index in [4.69, 9.17) is 30.3 Å². The Labute approximate surface area is 309 Å². The summed E-state index contributed by atoms with van der Waals surface area (Å²) in [6, 6.07) is 0. The van der Waals surface area contributed by atoms with E-state index in [1.54, 1.807) is 0 Å². The summed E-state index contributed by atoms with van der Waals surface area (Å²) in [6.45, 7) is 5.45. The summed E-state index contributed by atoms with van der Waals surface area (Å²) >= 11 is 0. The second-order valence-corrected chi connectivity index (χ2v) is 14.3. The van der Waals surface area contributed by atoms with E-state index in [1.165, 1.54) is 174 Å². The number of hydrogen-bond donors (Lipinski definition) is 5. The van der Waals surface area contributed by atoms with Crippen LogP contribution in [0, 0.1) is 0 Å². The number of aliphatic carboxylic acids is 1. The number of aliphatic hydroxyl groups is 4. The van der Waals surface area contributed by atoms with Crippen LogP contribution in [0.5, 0.6) is 0 Å². The van der Waals surface area contributed by atoms with Crippen molar-refractivity contribution in [3.63, 3.8) is 0 Å². The highest BCUT2D eigenvalue weighted by Crippen LogP contribution is 2.15. The van der Waals surface area contributed by atoms with Crippen LogP contribution in [0.2, 0.25) is 0 Å². The lowest BCUT2D eigenvalue weighted by Crippen LogP contribution is -2.21. The molecule has 0 amide bonds. The quantitative estimate of drug-likeness (QED) is 0.0318. The number of hydrogen-bond acceptors (Lipinski definition) is 7. The fourth-order valence-corrected chi connectivity index (χ4v) is 5.60. The van der Waals surface area contributed by atoms with Gasteiger partial charge in [-0.2, -0.15) is 0 Å². The highest BCUT2D eigenvalue weighted by Gasteiger charge is 2.07. The average molecular weight is 719 g/mol. The van der Waals surface area contributed by atoms with Gasteiger partial charge in [-0.05, 0) is 19.8 Å². The van der Waals surface area contributed by atoms with E-state index in [0.29, 0.717) is 12.8 Å². The number of ether oxygens (including phenoxy) is 1. The Bertz CT molecular complexity index is 643. The fraction of sp³-hybridized carbons (Fsp3) is 0.952. The molecular weight excluding hydrogens is 632 g/mol. The van der Waals surface area contributed by atoms with Gasteiger partial charge in [0, 0.05) is 12.8 Å². The number of carbonyl (C=O) groups is 2. The lowest BCUT2D eigenvalue weighted by molar-refractivity contribution is -0.147. The highest BCUT2D eigenvalue weighted by molar-refractivity contribution is 5.69. The molecule has 8 heteroatoms. The largest absolute Gasteiger partial charge is 0.481 e. The van der Waals surface area contributed by atoms with Gasteiger partial charge in [0.05, 0.1) is 19.3 Å². The molecule has 8 nitrogen and oxygen atoms in total. The first-order valence-corrected chi connectivity index (χ1v) is 21.2. The van der Waals surface area contributed by atoms with Gasteiger partial charge in [-0.1, -0.05) is 194 Å². The molecule has 5 N–H and O–H groups in total. The van der Waals surface area contributed by atoms with Crippen LogP contribution in [0.1, 0.15) is 226 Å². The minimum atomic E-state index is -0.954. The monoisotopic (exact) mass is 719 g/mol. The molecule has 0 heterocycles. The molecule has 0 saturated heterocycles. The molecule has 0 aliphatic rings. The molecule has 0 aromatic rings. The van der Waals surface area contributed by atoms with Crippen molar-refractivity contribution in [2.75, 3.05) is 19.8 Å². The van der Waals surface area contributed by atoms with Gasteiger partial charge < -0.3 is 30.3 Å². The standard InChI is InChI=1S/C21H42O4.C18H36O2.C3H8O2/c1-2-3-4-5-6-7-8-9-10-11-12-13-14-15-16-17-21(24)25-19-20(23)18-22;1-2-3-4-5-6-7-8-9-10-11-12-13-14-15-16-17-18(19)20;1-3(5)2-4/h20,22-23H,2-19H2,1H3;2-17H2,1H3,(H,19,20);3-5H,2H2,1H3. The minimum absolute atomic E-state index is 0.103. The molecule has 2 unspecified atom stereocenters. The van der Waals surface area contributed by atoms with Gasteiger partial charge in [0.25, 0.3) is 0 Å². The number of carboxylic acid groups (broad SMARTS) is 1. The molecule has 0 aliphatic carbocycles. The van der Waals surface area contributed by atoms with Crippen molar-refractivity contribution in [2.24, 2.45) is 0 Å². The summed E-state index contributed by atoms with van der Waals surface area (Å²) in [7, 11) is 0. The van der Waals surface area contributed by atoms with Crippen LogP contribution in [-0.2, 0) is 14.3 Å². The molecule has 0 rings (SSSR count). The molecule has 50 heavy (non-hydrogen) atoms. The number of rotatable bonds is 36. The summed E-state index contributed by atoms with van der Waals surface area (Å²) in [5, 5.41) is 42.2. The van der Waals surface area contributed by atoms with E-state index in [0.717, 1.165) is 25.7 Å². The molecule has 0 saturated carbocycles. The molecular formula is C42H86O8. The molecule has 0 aromatic heterocycles. The van der Waals surface area contributed by atoms with E-state index in [1.807, 2.05) is 0 Å². The Hall–Kier alpha value is -1.22. The maximum atomic E-state index is 11.4. The number of unbranched alkanes of at least 4 members (excludes halogenated alkanes) is 28. The Morgan fingerprint density at radius 3 is 0.960 bits per heavy atom. The lowest BCUT2D eigenvalue weighted by Gasteiger charge is -2.08. The van der Waals surface area contributed by atoms with Crippen LogP contribution in [0.25, 0.3) is 0 Å². The van der Waals surface area contributed by atoms with Crippen LogP contribution < -0.4 is 0 Å². The van der Waals surface area contributed by atoms with Crippen LogP contribution in [0.15, 0.2) is 0 Å². The van der Waals surface area contributed by atoms with Crippen molar-refractivity contribution < 1.29 is 39.9 Å². The fourth-order valence-electron chi connectivity index (χ4n) is 5.60. The normalized spacial score (nSPS) is 12.0. The molecule has 0 fully saturated rings. The Kier molecular flexibility index (Phi) is 50.8. The molecule has 2 atom stereocenters. The van der Waals surface area contributed by atoms with Crippen molar-refractivity contribution in [3.05, 3.63) is 0 Å². The van der Waals surface area contributed by atoms with Gasteiger partial charge in [0.15, 0.2) is 0 Å². The maximum Gasteiger partial charge on any atom is 0.305 e. The highest BCUT2D eigenvalue weighted by atomic mass is 16.5. The zero-order valence-corrected chi connectivity index (χ0v) is 33.4. The zero-order valence-electron chi connectivity index (χ0n) is 33.4. The summed E-state index contributed by atoms with van der Waals surface area (Å²) in [4.78, 5) is 21.7. The topological polar surface area (TPSA) is 145 Å². The molecule has 0 spiro atoms. The first-order valence-electron chi connectivity index (χ1n) is 21.2. The van der Waals surface area contributed by atoms with Crippen LogP contribution >= 0.6 is 0 Å². The Morgan fingerprint density at radius 2 is 0.720 bits per heavy atom. The molecule has 0 bridgehead atoms. The van der Waals surface area contributed by atoms with Gasteiger partial charge in [-0.15, -0.1) is 0 Å². The summed E-state index contributed by atoms with van der Waals surface area (Å²) < 4.78 is 4.86. The third-order valence-corrected chi connectivity index (χ3v) is 8.89. The first-order chi connectivity index (χ1) is 24.2. The van der Waals surface area contributed by atoms with Crippen LogP contribution in [0.3, 0.4) is 0 Å². The maximum absolute atomic E-state index is 11.4. The predicted molar refractivity (Wildman–Crippen MR) is 210 cm³/mol. The smallest absolute Gasteiger partial charge is 0.305 e. The van der Waals surface area contributed by atoms with Gasteiger partial charge in [-0.25, -0.2) is 0 Å². The average Bonchev–Trinajstić information content (AvgIpc) is 3.10. The van der Waals surface area contributed by atoms with Gasteiger partial charge in [-0.3, -0.25) is 9.59 Å². The summed E-state index contributed by atoms with van der Waals surface area (Å²) in [5.41, 5.74) is 0. The second kappa shape index (κ2) is 47.8. The second-order valence-electron chi connectivity index (χ2n) is 14.3. The number of aliphatic hydroxyl groups excluding tert-OH is 4. The Balaban J connectivity index is -0.000000791. The van der Waals surface area contributed by atoms with Crippen LogP contribution in [-0.4, -0.2) is 69.5 Å². The van der Waals surface area contributed by atoms with E-state index >= 15 is 0 Å². The molecule has 0 aromatic carbocycles. The van der Waals surface area contributed by atoms with Crippen molar-refractivity contribution in [2.45, 2.75) is 238 Å². The van der Waals surface area contributed by atoms with Gasteiger partial charge in [0.1, 0.15) is 12.7 Å². The van der Waals surface area contributed by atoms with Crippen molar-refractivity contribution in [3.8, 4) is 0 Å². The number of esters is 1. The van der Waals surface area contributed by atoms with Crippen molar-refractivity contribution >= 4 is 11.9 Å².